The molecule has 1 aromatic rings. The fourth-order valence-corrected chi connectivity index (χ4v) is 2.17. The Balaban J connectivity index is 2.09. The van der Waals surface area contributed by atoms with Crippen LogP contribution in [0.4, 0.5) is 5.69 Å². The number of nitrogens with one attached hydrogen (secondary N) is 1. The molecule has 0 fully saturated rings. The third-order valence-corrected chi connectivity index (χ3v) is 3.18. The minimum Gasteiger partial charge on any atom is -0.384 e. The van der Waals surface area contributed by atoms with Crippen molar-refractivity contribution in [2.45, 2.75) is 12.3 Å². The van der Waals surface area contributed by atoms with Crippen LogP contribution in [0.3, 0.4) is 0 Å². The Labute approximate surface area is 102 Å². The molecule has 1 amide bonds. The van der Waals surface area contributed by atoms with E-state index in [0.717, 1.165) is 24.2 Å². The Bertz CT molecular complexity index is 428. The molecule has 1 heterocycles. The van der Waals surface area contributed by atoms with Crippen LogP contribution in [-0.2, 0) is 4.79 Å². The number of nitrogens with zero attached hydrogens (tertiary/aromatic N) is 1. The van der Waals surface area contributed by atoms with Crippen LogP contribution < -0.4 is 5.32 Å². The maximum Gasteiger partial charge on any atom is 0.231 e. The summed E-state index contributed by atoms with van der Waals surface area (Å²) >= 11 is 0. The molecular formula is C14H18N2O. The van der Waals surface area contributed by atoms with Crippen molar-refractivity contribution in [2.75, 3.05) is 25.5 Å². The standard InChI is InChI=1S/C14H18N2O/c1-3-4-9-16(2)14(17)12-10-15-13-8-6-5-7-11(12)13/h3,5-8,12,15H,1,4,9-10H2,2H3. The predicted molar refractivity (Wildman–Crippen MR) is 70.1 cm³/mol. The first-order valence-electron chi connectivity index (χ1n) is 5.92. The average molecular weight is 230 g/mol. The molecule has 3 nitrogen and oxygen atoms in total. The summed E-state index contributed by atoms with van der Waals surface area (Å²) < 4.78 is 0. The number of carbonyl (C=O) groups is 1. The molecule has 0 radical (unpaired) electrons. The van der Waals surface area contributed by atoms with E-state index in [0.29, 0.717) is 6.54 Å². The summed E-state index contributed by atoms with van der Waals surface area (Å²) in [5.74, 6) is 0.144. The van der Waals surface area contributed by atoms with E-state index in [1.807, 2.05) is 37.4 Å². The van der Waals surface area contributed by atoms with E-state index >= 15 is 0 Å². The molecule has 1 N–H and O–H groups in total. The zero-order chi connectivity index (χ0) is 12.3. The van der Waals surface area contributed by atoms with Gasteiger partial charge in [-0.2, -0.15) is 0 Å². The predicted octanol–water partition coefficient (Wildman–Crippen LogP) is 2.23. The van der Waals surface area contributed by atoms with Gasteiger partial charge in [0.2, 0.25) is 5.91 Å². The SMILES string of the molecule is C=CCCN(C)C(=O)C1CNc2ccccc21. The number of carbonyl (C=O) groups excluding carboxylic acids is 1. The van der Waals surface area contributed by atoms with Crippen molar-refractivity contribution in [1.29, 1.82) is 0 Å². The van der Waals surface area contributed by atoms with Gasteiger partial charge in [-0.15, -0.1) is 6.58 Å². The van der Waals surface area contributed by atoms with Crippen molar-refractivity contribution in [2.24, 2.45) is 0 Å². The Morgan fingerprint density at radius 3 is 3.12 bits per heavy atom. The Morgan fingerprint density at radius 1 is 1.59 bits per heavy atom. The second-order valence-electron chi connectivity index (χ2n) is 4.36. The average Bonchev–Trinajstić information content (AvgIpc) is 2.78. The number of hydrogen-bond acceptors (Lipinski definition) is 2. The van der Waals surface area contributed by atoms with Gasteiger partial charge in [0.15, 0.2) is 0 Å². The van der Waals surface area contributed by atoms with Crippen LogP contribution in [0.5, 0.6) is 0 Å². The number of amides is 1. The van der Waals surface area contributed by atoms with Crippen LogP contribution in [0.1, 0.15) is 17.9 Å². The number of para-hydroxylation sites is 1. The number of rotatable bonds is 4. The maximum absolute atomic E-state index is 12.3. The highest BCUT2D eigenvalue weighted by molar-refractivity contribution is 5.88. The van der Waals surface area contributed by atoms with Crippen molar-refractivity contribution in [3.63, 3.8) is 0 Å². The van der Waals surface area contributed by atoms with Crippen LogP contribution in [0.2, 0.25) is 0 Å². The van der Waals surface area contributed by atoms with Gasteiger partial charge in [0.05, 0.1) is 5.92 Å². The van der Waals surface area contributed by atoms with Crippen LogP contribution in [-0.4, -0.2) is 30.9 Å². The molecule has 0 bridgehead atoms. The number of likely N-dealkylation sites (N-methyl/N-ethyl adjacent to an activating group) is 1. The summed E-state index contributed by atoms with van der Waals surface area (Å²) in [5, 5.41) is 3.27. The smallest absolute Gasteiger partial charge is 0.231 e. The Kier molecular flexibility index (Phi) is 3.47. The molecule has 1 atom stereocenters. The summed E-state index contributed by atoms with van der Waals surface area (Å²) in [6.45, 7) is 5.12. The van der Waals surface area contributed by atoms with Crippen molar-refractivity contribution >= 4 is 11.6 Å². The third kappa shape index (κ3) is 2.33. The molecular weight excluding hydrogens is 212 g/mol. The van der Waals surface area contributed by atoms with Crippen LogP contribution in [0.25, 0.3) is 0 Å². The van der Waals surface area contributed by atoms with E-state index in [1.54, 1.807) is 4.90 Å². The fraction of sp³-hybridized carbons (Fsp3) is 0.357. The molecule has 0 spiro atoms. The molecule has 0 aromatic heterocycles. The maximum atomic E-state index is 12.3. The van der Waals surface area contributed by atoms with Gasteiger partial charge in [0, 0.05) is 25.8 Å². The molecule has 3 heteroatoms. The quantitative estimate of drug-likeness (QED) is 0.804. The van der Waals surface area contributed by atoms with E-state index in [9.17, 15) is 4.79 Å². The van der Waals surface area contributed by atoms with Gasteiger partial charge >= 0.3 is 0 Å². The van der Waals surface area contributed by atoms with Gasteiger partial charge in [0.1, 0.15) is 0 Å². The van der Waals surface area contributed by atoms with E-state index in [2.05, 4.69) is 11.9 Å². The lowest BCUT2D eigenvalue weighted by Crippen LogP contribution is -2.33. The van der Waals surface area contributed by atoms with E-state index in [4.69, 9.17) is 0 Å². The third-order valence-electron chi connectivity index (χ3n) is 3.18. The monoisotopic (exact) mass is 230 g/mol. The second-order valence-corrected chi connectivity index (χ2v) is 4.36. The highest BCUT2D eigenvalue weighted by atomic mass is 16.2. The molecule has 0 saturated heterocycles. The molecule has 0 saturated carbocycles. The van der Waals surface area contributed by atoms with Gasteiger partial charge in [-0.05, 0) is 18.1 Å². The first kappa shape index (κ1) is 11.7. The van der Waals surface area contributed by atoms with Gasteiger partial charge in [-0.1, -0.05) is 24.3 Å². The number of fused-ring (bicyclic) bond motifs is 1. The zero-order valence-electron chi connectivity index (χ0n) is 10.1. The molecule has 1 aliphatic rings. The molecule has 90 valence electrons. The van der Waals surface area contributed by atoms with Crippen molar-refractivity contribution in [3.05, 3.63) is 42.5 Å². The summed E-state index contributed by atoms with van der Waals surface area (Å²) in [4.78, 5) is 14.1. The van der Waals surface area contributed by atoms with E-state index < -0.39 is 0 Å². The molecule has 2 rings (SSSR count). The lowest BCUT2D eigenvalue weighted by molar-refractivity contribution is -0.131. The van der Waals surface area contributed by atoms with Gasteiger partial charge in [-0.3, -0.25) is 4.79 Å². The minimum atomic E-state index is -0.0407. The largest absolute Gasteiger partial charge is 0.384 e. The van der Waals surface area contributed by atoms with Crippen molar-refractivity contribution in [1.82, 2.24) is 4.90 Å². The van der Waals surface area contributed by atoms with E-state index in [1.165, 1.54) is 0 Å². The number of hydrogen-bond donors (Lipinski definition) is 1. The Hall–Kier alpha value is -1.77. The highest BCUT2D eigenvalue weighted by Crippen LogP contribution is 2.31. The van der Waals surface area contributed by atoms with Gasteiger partial charge in [-0.25, -0.2) is 0 Å². The molecule has 1 aromatic carbocycles. The topological polar surface area (TPSA) is 32.3 Å². The number of anilines is 1. The lowest BCUT2D eigenvalue weighted by atomic mass is 10.00. The normalized spacial score (nSPS) is 17.1. The van der Waals surface area contributed by atoms with Crippen molar-refractivity contribution in [3.8, 4) is 0 Å². The van der Waals surface area contributed by atoms with Crippen LogP contribution in [0.15, 0.2) is 36.9 Å². The first-order valence-corrected chi connectivity index (χ1v) is 5.92. The first-order chi connectivity index (χ1) is 8.24. The van der Waals surface area contributed by atoms with Crippen molar-refractivity contribution < 1.29 is 4.79 Å². The summed E-state index contributed by atoms with van der Waals surface area (Å²) in [5.41, 5.74) is 2.20. The molecule has 17 heavy (non-hydrogen) atoms. The van der Waals surface area contributed by atoms with E-state index in [-0.39, 0.29) is 11.8 Å². The molecule has 1 aliphatic heterocycles. The molecule has 0 aliphatic carbocycles. The Morgan fingerprint density at radius 2 is 2.35 bits per heavy atom. The van der Waals surface area contributed by atoms with Gasteiger partial charge < -0.3 is 10.2 Å². The van der Waals surface area contributed by atoms with Gasteiger partial charge in [0.25, 0.3) is 0 Å². The highest BCUT2D eigenvalue weighted by Gasteiger charge is 2.29. The van der Waals surface area contributed by atoms with Crippen LogP contribution >= 0.6 is 0 Å². The lowest BCUT2D eigenvalue weighted by Gasteiger charge is -2.20. The summed E-state index contributed by atoms with van der Waals surface area (Å²) in [6.07, 6.45) is 2.68. The summed E-state index contributed by atoms with van der Waals surface area (Å²) in [7, 11) is 1.85. The summed E-state index contributed by atoms with van der Waals surface area (Å²) in [6, 6.07) is 8.02. The zero-order valence-corrected chi connectivity index (χ0v) is 10.1. The van der Waals surface area contributed by atoms with Crippen LogP contribution in [0, 0.1) is 0 Å². The molecule has 1 unspecified atom stereocenters. The number of benzene rings is 1. The second kappa shape index (κ2) is 5.04. The fourth-order valence-electron chi connectivity index (χ4n) is 2.17. The minimum absolute atomic E-state index is 0.0407.